The molecule has 5 rings (SSSR count). The molecule has 146 valence electrons. The third-order valence-corrected chi connectivity index (χ3v) is 6.52. The summed E-state index contributed by atoms with van der Waals surface area (Å²) >= 11 is 3.03. The van der Waals surface area contributed by atoms with Gasteiger partial charge in [0.15, 0.2) is 10.2 Å². The van der Waals surface area contributed by atoms with Crippen molar-refractivity contribution in [1.82, 2.24) is 25.1 Å². The number of fused-ring (bicyclic) bond motifs is 1. The first-order valence-corrected chi connectivity index (χ1v) is 11.0. The number of hydrogen-bond donors (Lipinski definition) is 1. The van der Waals surface area contributed by atoms with Crippen LogP contribution in [0.25, 0.3) is 22.3 Å². The third kappa shape index (κ3) is 4.21. The minimum absolute atomic E-state index is 0.267. The number of ether oxygens (including phenoxy) is 1. The lowest BCUT2D eigenvalue weighted by molar-refractivity contribution is 0.120. The van der Waals surface area contributed by atoms with Crippen LogP contribution in [0.4, 0.5) is 5.13 Å². The second-order valence-corrected chi connectivity index (χ2v) is 8.82. The van der Waals surface area contributed by atoms with Gasteiger partial charge in [-0.3, -0.25) is 4.98 Å². The van der Waals surface area contributed by atoms with Crippen molar-refractivity contribution in [2.24, 2.45) is 0 Å². The van der Waals surface area contributed by atoms with Crippen LogP contribution in [0, 0.1) is 0 Å². The summed E-state index contributed by atoms with van der Waals surface area (Å²) in [5.74, 6) is 0.653. The molecule has 1 atom stereocenters. The Hall–Kier alpha value is -2.62. The molecule has 0 amide bonds. The van der Waals surface area contributed by atoms with Crippen molar-refractivity contribution in [1.29, 1.82) is 0 Å². The van der Waals surface area contributed by atoms with Crippen molar-refractivity contribution < 1.29 is 4.74 Å². The Kier molecular flexibility index (Phi) is 5.33. The van der Waals surface area contributed by atoms with Gasteiger partial charge >= 0.3 is 0 Å². The quantitative estimate of drug-likeness (QED) is 0.461. The van der Waals surface area contributed by atoms with Crippen LogP contribution in [0.3, 0.4) is 0 Å². The number of nitrogens with zero attached hydrogens (tertiary/aromatic N) is 5. The summed E-state index contributed by atoms with van der Waals surface area (Å²) in [5, 5.41) is 14.6. The minimum atomic E-state index is 0.267. The van der Waals surface area contributed by atoms with Gasteiger partial charge in [0.05, 0.1) is 11.6 Å². The van der Waals surface area contributed by atoms with Crippen LogP contribution in [-0.2, 0) is 4.74 Å². The fourth-order valence-corrected chi connectivity index (χ4v) is 4.95. The second kappa shape index (κ2) is 8.40. The van der Waals surface area contributed by atoms with Crippen LogP contribution in [0.15, 0.2) is 58.2 Å². The van der Waals surface area contributed by atoms with Crippen LogP contribution >= 0.6 is 23.1 Å². The van der Waals surface area contributed by atoms with Crippen LogP contribution in [0.2, 0.25) is 0 Å². The molecular formula is C20H18N6OS2. The third-order valence-electron chi connectivity index (χ3n) is 4.58. The highest BCUT2D eigenvalue weighted by Gasteiger charge is 2.17. The number of nitrogens with one attached hydrogen (secondary N) is 1. The summed E-state index contributed by atoms with van der Waals surface area (Å²) in [6.45, 7) is 1.62. The molecule has 9 heteroatoms. The average Bonchev–Trinajstić information content (AvgIpc) is 3.45. The Morgan fingerprint density at radius 1 is 1.14 bits per heavy atom. The molecule has 1 aromatic carbocycles. The van der Waals surface area contributed by atoms with Crippen molar-refractivity contribution in [3.8, 4) is 11.4 Å². The lowest BCUT2D eigenvalue weighted by atomic mass is 10.2. The zero-order chi connectivity index (χ0) is 19.5. The number of hydrogen-bond acceptors (Lipinski definition) is 9. The summed E-state index contributed by atoms with van der Waals surface area (Å²) in [5.41, 5.74) is 1.78. The Balaban J connectivity index is 1.41. The van der Waals surface area contributed by atoms with Crippen LogP contribution in [0.5, 0.6) is 0 Å². The molecule has 0 aliphatic carbocycles. The molecule has 1 aliphatic heterocycles. The van der Waals surface area contributed by atoms with Gasteiger partial charge in [0.1, 0.15) is 5.03 Å². The maximum absolute atomic E-state index is 5.65. The molecule has 29 heavy (non-hydrogen) atoms. The first kappa shape index (κ1) is 18.4. The van der Waals surface area contributed by atoms with E-state index >= 15 is 0 Å². The highest BCUT2D eigenvalue weighted by molar-refractivity contribution is 8.01. The number of anilines is 1. The zero-order valence-corrected chi connectivity index (χ0v) is 17.1. The van der Waals surface area contributed by atoms with Crippen molar-refractivity contribution in [2.75, 3.05) is 18.5 Å². The van der Waals surface area contributed by atoms with E-state index in [-0.39, 0.29) is 6.10 Å². The van der Waals surface area contributed by atoms with Gasteiger partial charge in [0, 0.05) is 36.5 Å². The van der Waals surface area contributed by atoms with E-state index in [1.54, 1.807) is 12.4 Å². The molecular weight excluding hydrogens is 404 g/mol. The van der Waals surface area contributed by atoms with E-state index in [1.807, 2.05) is 36.4 Å². The lowest BCUT2D eigenvalue weighted by Gasteiger charge is -2.08. The standard InChI is InChI=1S/C20H18N6OS2/c1-2-8-16-15(7-1)18(24-17(23-16)13-5-3-9-21-11-13)28-20-26-25-19(29-20)22-12-14-6-4-10-27-14/h1-3,5,7-9,11,14H,4,6,10,12H2,(H,22,25)/t14-/m1/s1. The van der Waals surface area contributed by atoms with E-state index in [2.05, 4.69) is 20.5 Å². The minimum Gasteiger partial charge on any atom is -0.376 e. The van der Waals surface area contributed by atoms with E-state index in [0.717, 1.165) is 57.0 Å². The molecule has 0 saturated carbocycles. The van der Waals surface area contributed by atoms with Gasteiger partial charge < -0.3 is 10.1 Å². The number of pyridine rings is 1. The molecule has 0 unspecified atom stereocenters. The molecule has 0 spiro atoms. The van der Waals surface area contributed by atoms with Gasteiger partial charge in [-0.15, -0.1) is 10.2 Å². The Labute approximate surface area is 176 Å². The fraction of sp³-hybridized carbons (Fsp3) is 0.250. The number of para-hydroxylation sites is 1. The highest BCUT2D eigenvalue weighted by atomic mass is 32.2. The van der Waals surface area contributed by atoms with E-state index in [4.69, 9.17) is 14.7 Å². The molecule has 0 bridgehead atoms. The Morgan fingerprint density at radius 2 is 2.10 bits per heavy atom. The van der Waals surface area contributed by atoms with Crippen molar-refractivity contribution in [3.63, 3.8) is 0 Å². The molecule has 4 aromatic rings. The number of rotatable bonds is 6. The summed E-state index contributed by atoms with van der Waals surface area (Å²) < 4.78 is 6.48. The van der Waals surface area contributed by atoms with Crippen molar-refractivity contribution in [3.05, 3.63) is 48.8 Å². The van der Waals surface area contributed by atoms with Gasteiger partial charge in [-0.2, -0.15) is 0 Å². The second-order valence-electron chi connectivity index (χ2n) is 6.60. The van der Waals surface area contributed by atoms with Gasteiger partial charge in [0.25, 0.3) is 0 Å². The van der Waals surface area contributed by atoms with E-state index in [1.165, 1.54) is 23.1 Å². The summed E-state index contributed by atoms with van der Waals surface area (Å²) in [7, 11) is 0. The molecule has 4 heterocycles. The number of benzene rings is 1. The maximum Gasteiger partial charge on any atom is 0.206 e. The first-order valence-electron chi connectivity index (χ1n) is 9.39. The average molecular weight is 423 g/mol. The van der Waals surface area contributed by atoms with E-state index in [0.29, 0.717) is 5.82 Å². The first-order chi connectivity index (χ1) is 14.3. The molecule has 0 radical (unpaired) electrons. The molecule has 7 nitrogen and oxygen atoms in total. The number of aromatic nitrogens is 5. The van der Waals surface area contributed by atoms with Crippen LogP contribution < -0.4 is 5.32 Å². The van der Waals surface area contributed by atoms with Gasteiger partial charge in [-0.05, 0) is 42.8 Å². The monoisotopic (exact) mass is 422 g/mol. The van der Waals surface area contributed by atoms with Crippen LogP contribution in [0.1, 0.15) is 12.8 Å². The van der Waals surface area contributed by atoms with Crippen molar-refractivity contribution in [2.45, 2.75) is 28.3 Å². The summed E-state index contributed by atoms with van der Waals surface area (Å²) in [6.07, 6.45) is 6.01. The predicted octanol–water partition coefficient (Wildman–Crippen LogP) is 4.29. The maximum atomic E-state index is 5.65. The Bertz CT molecular complexity index is 1110. The molecule has 1 aliphatic rings. The predicted molar refractivity (Wildman–Crippen MR) is 114 cm³/mol. The smallest absolute Gasteiger partial charge is 0.206 e. The normalized spacial score (nSPS) is 16.3. The fourth-order valence-electron chi connectivity index (χ4n) is 3.16. The van der Waals surface area contributed by atoms with Gasteiger partial charge in [0.2, 0.25) is 5.13 Å². The van der Waals surface area contributed by atoms with E-state index < -0.39 is 0 Å². The molecule has 1 N–H and O–H groups in total. The molecule has 1 saturated heterocycles. The Morgan fingerprint density at radius 3 is 2.97 bits per heavy atom. The van der Waals surface area contributed by atoms with Crippen LogP contribution in [-0.4, -0.2) is 44.4 Å². The van der Waals surface area contributed by atoms with Crippen molar-refractivity contribution >= 4 is 39.1 Å². The van der Waals surface area contributed by atoms with Gasteiger partial charge in [-0.1, -0.05) is 29.5 Å². The van der Waals surface area contributed by atoms with E-state index in [9.17, 15) is 0 Å². The molecule has 1 fully saturated rings. The topological polar surface area (TPSA) is 85.7 Å². The van der Waals surface area contributed by atoms with Gasteiger partial charge in [-0.25, -0.2) is 9.97 Å². The zero-order valence-electron chi connectivity index (χ0n) is 15.5. The lowest BCUT2D eigenvalue weighted by Crippen LogP contribution is -2.18. The largest absolute Gasteiger partial charge is 0.376 e. The molecule has 3 aromatic heterocycles. The highest BCUT2D eigenvalue weighted by Crippen LogP contribution is 2.35. The summed E-state index contributed by atoms with van der Waals surface area (Å²) in [6, 6.07) is 11.8. The summed E-state index contributed by atoms with van der Waals surface area (Å²) in [4.78, 5) is 13.7. The SMILES string of the molecule is c1cncc(-c2nc(Sc3nnc(NC[C@H]4CCCO4)s3)c3ccccc3n2)c1.